The quantitative estimate of drug-likeness (QED) is 0.629. The van der Waals surface area contributed by atoms with E-state index in [2.05, 4.69) is 6.92 Å². The minimum atomic E-state index is -0.0248. The molecule has 152 valence electrons. The van der Waals surface area contributed by atoms with E-state index in [-0.39, 0.29) is 24.4 Å². The van der Waals surface area contributed by atoms with Crippen molar-refractivity contribution in [3.8, 4) is 0 Å². The van der Waals surface area contributed by atoms with Crippen LogP contribution in [0.4, 0.5) is 0 Å². The Morgan fingerprint density at radius 2 is 1.75 bits per heavy atom. The number of hydrogen-bond acceptors (Lipinski definition) is 2. The molecule has 1 aromatic carbocycles. The molecule has 0 aliphatic carbocycles. The molecule has 5 heteroatoms. The van der Waals surface area contributed by atoms with Crippen LogP contribution >= 0.6 is 0 Å². The van der Waals surface area contributed by atoms with Crippen LogP contribution in [0.15, 0.2) is 48.7 Å². The Balaban J connectivity index is 2.08. The summed E-state index contributed by atoms with van der Waals surface area (Å²) in [7, 11) is 1.99. The van der Waals surface area contributed by atoms with Gasteiger partial charge in [0.2, 0.25) is 11.8 Å². The van der Waals surface area contributed by atoms with Gasteiger partial charge in [-0.05, 0) is 38.0 Å². The van der Waals surface area contributed by atoms with E-state index in [4.69, 9.17) is 0 Å². The van der Waals surface area contributed by atoms with Crippen LogP contribution in [0.1, 0.15) is 44.9 Å². The van der Waals surface area contributed by atoms with E-state index < -0.39 is 0 Å². The van der Waals surface area contributed by atoms with Crippen molar-refractivity contribution in [1.82, 2.24) is 14.4 Å². The number of nitrogens with zero attached hydrogens (tertiary/aromatic N) is 3. The minimum Gasteiger partial charge on any atom is -0.353 e. The molecule has 2 aromatic rings. The molecule has 0 spiro atoms. The predicted molar refractivity (Wildman–Crippen MR) is 113 cm³/mol. The Morgan fingerprint density at radius 3 is 2.32 bits per heavy atom. The predicted octanol–water partition coefficient (Wildman–Crippen LogP) is 3.63. The molecule has 28 heavy (non-hydrogen) atoms. The zero-order valence-corrected chi connectivity index (χ0v) is 17.6. The van der Waals surface area contributed by atoms with Crippen molar-refractivity contribution in [2.75, 3.05) is 13.1 Å². The Hall–Kier alpha value is -2.56. The van der Waals surface area contributed by atoms with Gasteiger partial charge in [0, 0.05) is 31.5 Å². The van der Waals surface area contributed by atoms with Crippen molar-refractivity contribution in [3.05, 3.63) is 59.9 Å². The smallest absolute Gasteiger partial charge is 0.242 e. The van der Waals surface area contributed by atoms with E-state index in [1.54, 1.807) is 4.90 Å². The van der Waals surface area contributed by atoms with Gasteiger partial charge in [-0.25, -0.2) is 0 Å². The fourth-order valence-electron chi connectivity index (χ4n) is 3.17. The largest absolute Gasteiger partial charge is 0.353 e. The summed E-state index contributed by atoms with van der Waals surface area (Å²) in [4.78, 5) is 29.5. The van der Waals surface area contributed by atoms with E-state index in [0.717, 1.165) is 24.1 Å². The SMILES string of the molecule is CCCCN(Cc1cccn1C)C(=O)CN(C(=O)Cc1ccccc1)C(C)C. The lowest BCUT2D eigenvalue weighted by Crippen LogP contribution is -2.46. The highest BCUT2D eigenvalue weighted by Crippen LogP contribution is 2.11. The molecule has 0 aliphatic heterocycles. The Labute approximate surface area is 168 Å². The molecule has 5 nitrogen and oxygen atoms in total. The van der Waals surface area contributed by atoms with Gasteiger partial charge in [0.25, 0.3) is 0 Å². The van der Waals surface area contributed by atoms with Crippen LogP contribution in [0, 0.1) is 0 Å². The van der Waals surface area contributed by atoms with Crippen LogP contribution in [0.3, 0.4) is 0 Å². The van der Waals surface area contributed by atoms with Crippen molar-refractivity contribution in [2.24, 2.45) is 7.05 Å². The maximum Gasteiger partial charge on any atom is 0.242 e. The van der Waals surface area contributed by atoms with Gasteiger partial charge in [-0.15, -0.1) is 0 Å². The topological polar surface area (TPSA) is 45.6 Å². The first-order valence-corrected chi connectivity index (χ1v) is 10.1. The molecule has 0 fully saturated rings. The van der Waals surface area contributed by atoms with Crippen molar-refractivity contribution in [2.45, 2.75) is 52.6 Å². The first-order chi connectivity index (χ1) is 13.4. The lowest BCUT2D eigenvalue weighted by Gasteiger charge is -2.30. The van der Waals surface area contributed by atoms with Gasteiger partial charge >= 0.3 is 0 Å². The number of carbonyl (C=O) groups is 2. The molecular weight excluding hydrogens is 350 g/mol. The molecule has 0 bridgehead atoms. The van der Waals surface area contributed by atoms with E-state index in [1.807, 2.05) is 79.0 Å². The van der Waals surface area contributed by atoms with Crippen LogP contribution in [0.2, 0.25) is 0 Å². The molecular formula is C23H33N3O2. The third-order valence-electron chi connectivity index (χ3n) is 4.99. The number of unbranched alkanes of at least 4 members (excludes halogenated alkanes) is 1. The standard InChI is InChI=1S/C23H33N3O2/c1-5-6-15-25(17-21-13-10-14-24(21)4)23(28)18-26(19(2)3)22(27)16-20-11-8-7-9-12-20/h7-14,19H,5-6,15-18H2,1-4H3. The average molecular weight is 384 g/mol. The number of aromatic nitrogens is 1. The minimum absolute atomic E-state index is 0.00441. The summed E-state index contributed by atoms with van der Waals surface area (Å²) in [5.41, 5.74) is 2.06. The number of benzene rings is 1. The molecule has 0 aliphatic rings. The summed E-state index contributed by atoms with van der Waals surface area (Å²) < 4.78 is 2.03. The highest BCUT2D eigenvalue weighted by molar-refractivity contribution is 5.86. The number of amides is 2. The third kappa shape index (κ3) is 6.25. The third-order valence-corrected chi connectivity index (χ3v) is 4.99. The first kappa shape index (κ1) is 21.7. The highest BCUT2D eigenvalue weighted by Gasteiger charge is 2.24. The lowest BCUT2D eigenvalue weighted by atomic mass is 10.1. The zero-order valence-electron chi connectivity index (χ0n) is 17.6. The molecule has 1 heterocycles. The van der Waals surface area contributed by atoms with Crippen LogP contribution < -0.4 is 0 Å². The van der Waals surface area contributed by atoms with Gasteiger partial charge in [0.05, 0.1) is 19.5 Å². The van der Waals surface area contributed by atoms with E-state index >= 15 is 0 Å². The summed E-state index contributed by atoms with van der Waals surface area (Å²) in [6.45, 7) is 7.44. The van der Waals surface area contributed by atoms with Crippen molar-refractivity contribution >= 4 is 11.8 Å². The molecule has 0 saturated heterocycles. The fourth-order valence-corrected chi connectivity index (χ4v) is 3.17. The number of rotatable bonds is 10. The number of carbonyl (C=O) groups excluding carboxylic acids is 2. The van der Waals surface area contributed by atoms with Crippen LogP contribution in [-0.2, 0) is 29.6 Å². The summed E-state index contributed by atoms with van der Waals surface area (Å²) >= 11 is 0. The van der Waals surface area contributed by atoms with Crippen LogP contribution in [-0.4, -0.2) is 45.3 Å². The summed E-state index contributed by atoms with van der Waals surface area (Å²) in [6, 6.07) is 13.7. The van der Waals surface area contributed by atoms with Crippen molar-refractivity contribution in [3.63, 3.8) is 0 Å². The van der Waals surface area contributed by atoms with Crippen molar-refractivity contribution in [1.29, 1.82) is 0 Å². The Bertz CT molecular complexity index is 752. The molecule has 0 radical (unpaired) electrons. The van der Waals surface area contributed by atoms with Crippen LogP contribution in [0.5, 0.6) is 0 Å². The van der Waals surface area contributed by atoms with Gasteiger partial charge in [-0.2, -0.15) is 0 Å². The molecule has 0 N–H and O–H groups in total. The van der Waals surface area contributed by atoms with Gasteiger partial charge in [-0.1, -0.05) is 43.7 Å². The molecule has 2 rings (SSSR count). The average Bonchev–Trinajstić information content (AvgIpc) is 3.07. The highest BCUT2D eigenvalue weighted by atomic mass is 16.2. The lowest BCUT2D eigenvalue weighted by molar-refractivity contribution is -0.142. The molecule has 1 aromatic heterocycles. The summed E-state index contributed by atoms with van der Waals surface area (Å²) in [5, 5.41) is 0. The Morgan fingerprint density at radius 1 is 1.04 bits per heavy atom. The molecule has 0 unspecified atom stereocenters. The second-order valence-corrected chi connectivity index (χ2v) is 7.56. The second-order valence-electron chi connectivity index (χ2n) is 7.56. The zero-order chi connectivity index (χ0) is 20.5. The van der Waals surface area contributed by atoms with Crippen LogP contribution in [0.25, 0.3) is 0 Å². The van der Waals surface area contributed by atoms with Gasteiger partial charge in [-0.3, -0.25) is 9.59 Å². The van der Waals surface area contributed by atoms with Gasteiger partial charge < -0.3 is 14.4 Å². The normalized spacial score (nSPS) is 10.9. The van der Waals surface area contributed by atoms with E-state index in [9.17, 15) is 9.59 Å². The molecule has 0 atom stereocenters. The second kappa shape index (κ2) is 10.7. The molecule has 2 amide bonds. The fraction of sp³-hybridized carbons (Fsp3) is 0.478. The van der Waals surface area contributed by atoms with E-state index in [0.29, 0.717) is 19.5 Å². The van der Waals surface area contributed by atoms with Crippen molar-refractivity contribution < 1.29 is 9.59 Å². The maximum absolute atomic E-state index is 13.1. The number of hydrogen-bond donors (Lipinski definition) is 0. The molecule has 0 saturated carbocycles. The van der Waals surface area contributed by atoms with E-state index in [1.165, 1.54) is 0 Å². The van der Waals surface area contributed by atoms with Gasteiger partial charge in [0.15, 0.2) is 0 Å². The maximum atomic E-state index is 13.1. The Kier molecular flexibility index (Phi) is 8.30. The summed E-state index contributed by atoms with van der Waals surface area (Å²) in [5.74, 6) is -0.00591. The van der Waals surface area contributed by atoms with Gasteiger partial charge in [0.1, 0.15) is 0 Å². The monoisotopic (exact) mass is 383 g/mol. The number of aryl methyl sites for hydroxylation is 1. The first-order valence-electron chi connectivity index (χ1n) is 10.1. The summed E-state index contributed by atoms with van der Waals surface area (Å²) in [6.07, 6.45) is 4.29.